The lowest BCUT2D eigenvalue weighted by Crippen LogP contribution is -2.49. The van der Waals surface area contributed by atoms with Gasteiger partial charge in [0.1, 0.15) is 11.6 Å². The van der Waals surface area contributed by atoms with E-state index < -0.39 is 15.8 Å². The number of benzene rings is 2. The Hall–Kier alpha value is -3.04. The zero-order valence-corrected chi connectivity index (χ0v) is 18.1. The molecule has 1 aromatic heterocycles. The van der Waals surface area contributed by atoms with Gasteiger partial charge < -0.3 is 4.90 Å². The standard InChI is InChI=1S/C22H23FN4O3S/c1-16-3-8-20(17(2)15-16)31(29,30)26-13-11-25(12-14-26)21-9-10-22(28)27(24-21)19-6-4-18(23)5-7-19/h3-10,15H,11-14H2,1-2H3. The van der Waals surface area contributed by atoms with E-state index in [2.05, 4.69) is 5.10 Å². The minimum Gasteiger partial charge on any atom is -0.353 e. The molecule has 0 aliphatic carbocycles. The van der Waals surface area contributed by atoms with Crippen molar-refractivity contribution in [2.45, 2.75) is 18.7 Å². The lowest BCUT2D eigenvalue weighted by atomic mass is 10.2. The van der Waals surface area contributed by atoms with Gasteiger partial charge in [-0.25, -0.2) is 12.8 Å². The van der Waals surface area contributed by atoms with E-state index >= 15 is 0 Å². The van der Waals surface area contributed by atoms with Gasteiger partial charge >= 0.3 is 0 Å². The molecule has 31 heavy (non-hydrogen) atoms. The van der Waals surface area contributed by atoms with Gasteiger partial charge in [0, 0.05) is 32.2 Å². The lowest BCUT2D eigenvalue weighted by Gasteiger charge is -2.34. The van der Waals surface area contributed by atoms with Crippen molar-refractivity contribution >= 4 is 15.8 Å². The average molecular weight is 443 g/mol. The number of rotatable bonds is 4. The highest BCUT2D eigenvalue weighted by Gasteiger charge is 2.30. The fourth-order valence-corrected chi connectivity index (χ4v) is 5.35. The molecule has 1 saturated heterocycles. The van der Waals surface area contributed by atoms with Crippen LogP contribution < -0.4 is 10.5 Å². The molecule has 0 bridgehead atoms. The number of aryl methyl sites for hydroxylation is 2. The summed E-state index contributed by atoms with van der Waals surface area (Å²) in [5, 5.41) is 4.40. The molecule has 2 aromatic carbocycles. The topological polar surface area (TPSA) is 75.5 Å². The molecule has 2 heterocycles. The first kappa shape index (κ1) is 21.2. The number of hydrogen-bond acceptors (Lipinski definition) is 5. The molecule has 0 atom stereocenters. The molecule has 7 nitrogen and oxygen atoms in total. The second-order valence-corrected chi connectivity index (χ2v) is 9.48. The van der Waals surface area contributed by atoms with Crippen molar-refractivity contribution < 1.29 is 12.8 Å². The predicted octanol–water partition coefficient (Wildman–Crippen LogP) is 2.50. The molecule has 0 unspecified atom stereocenters. The highest BCUT2D eigenvalue weighted by molar-refractivity contribution is 7.89. The Balaban J connectivity index is 1.53. The van der Waals surface area contributed by atoms with Gasteiger partial charge in [-0.1, -0.05) is 17.7 Å². The monoisotopic (exact) mass is 442 g/mol. The summed E-state index contributed by atoms with van der Waals surface area (Å²) in [6.07, 6.45) is 0. The van der Waals surface area contributed by atoms with Gasteiger partial charge in [0.2, 0.25) is 10.0 Å². The molecule has 4 rings (SSSR count). The van der Waals surface area contributed by atoms with E-state index in [0.29, 0.717) is 42.6 Å². The van der Waals surface area contributed by atoms with E-state index in [0.717, 1.165) is 11.1 Å². The van der Waals surface area contributed by atoms with E-state index in [-0.39, 0.29) is 5.56 Å². The fraction of sp³-hybridized carbons (Fsp3) is 0.273. The van der Waals surface area contributed by atoms with Crippen molar-refractivity contribution in [3.05, 3.63) is 81.9 Å². The zero-order valence-electron chi connectivity index (χ0n) is 17.3. The highest BCUT2D eigenvalue weighted by Crippen LogP contribution is 2.23. The zero-order chi connectivity index (χ0) is 22.2. The summed E-state index contributed by atoms with van der Waals surface area (Å²) < 4.78 is 42.1. The van der Waals surface area contributed by atoms with Crippen molar-refractivity contribution in [2.75, 3.05) is 31.1 Å². The maximum atomic E-state index is 13.2. The average Bonchev–Trinajstić information content (AvgIpc) is 2.75. The number of anilines is 1. The van der Waals surface area contributed by atoms with Gasteiger partial charge in [-0.15, -0.1) is 5.10 Å². The Morgan fingerprint density at radius 2 is 1.58 bits per heavy atom. The summed E-state index contributed by atoms with van der Waals surface area (Å²) in [5.74, 6) is 0.168. The van der Waals surface area contributed by atoms with Gasteiger partial charge in [-0.2, -0.15) is 8.99 Å². The normalized spacial score (nSPS) is 15.3. The van der Waals surface area contributed by atoms with Gasteiger partial charge in [-0.3, -0.25) is 4.79 Å². The third kappa shape index (κ3) is 4.24. The molecule has 3 aromatic rings. The molecule has 0 N–H and O–H groups in total. The van der Waals surface area contributed by atoms with Gasteiger partial charge in [-0.05, 0) is 55.8 Å². The van der Waals surface area contributed by atoms with Crippen molar-refractivity contribution in [1.29, 1.82) is 0 Å². The third-order valence-electron chi connectivity index (χ3n) is 5.37. The maximum absolute atomic E-state index is 13.2. The van der Waals surface area contributed by atoms with Crippen LogP contribution in [0.25, 0.3) is 5.69 Å². The van der Waals surface area contributed by atoms with E-state index in [1.165, 1.54) is 39.3 Å². The molecule has 9 heteroatoms. The van der Waals surface area contributed by atoms with Crippen LogP contribution in [-0.2, 0) is 10.0 Å². The van der Waals surface area contributed by atoms with Gasteiger partial charge in [0.15, 0.2) is 0 Å². The van der Waals surface area contributed by atoms with Gasteiger partial charge in [0.25, 0.3) is 5.56 Å². The number of aromatic nitrogens is 2. The molecule has 0 amide bonds. The number of halogens is 1. The molecule has 0 saturated carbocycles. The Labute approximate surface area is 180 Å². The Morgan fingerprint density at radius 1 is 0.903 bits per heavy atom. The first-order valence-electron chi connectivity index (χ1n) is 9.94. The summed E-state index contributed by atoms with van der Waals surface area (Å²) in [4.78, 5) is 14.5. The predicted molar refractivity (Wildman–Crippen MR) is 117 cm³/mol. The maximum Gasteiger partial charge on any atom is 0.271 e. The van der Waals surface area contributed by atoms with Crippen LogP contribution in [0, 0.1) is 19.7 Å². The molecule has 162 valence electrons. The highest BCUT2D eigenvalue weighted by atomic mass is 32.2. The van der Waals surface area contributed by atoms with E-state index in [1.807, 2.05) is 17.9 Å². The Morgan fingerprint density at radius 3 is 2.23 bits per heavy atom. The third-order valence-corrected chi connectivity index (χ3v) is 7.43. The van der Waals surface area contributed by atoms with Crippen LogP contribution >= 0.6 is 0 Å². The quantitative estimate of drug-likeness (QED) is 0.621. The van der Waals surface area contributed by atoms with Crippen molar-refractivity contribution in [3.63, 3.8) is 0 Å². The van der Waals surface area contributed by atoms with Crippen molar-refractivity contribution in [1.82, 2.24) is 14.1 Å². The second-order valence-electron chi connectivity index (χ2n) is 7.58. The smallest absolute Gasteiger partial charge is 0.271 e. The number of nitrogens with zero attached hydrogens (tertiary/aromatic N) is 4. The lowest BCUT2D eigenvalue weighted by molar-refractivity contribution is 0.383. The van der Waals surface area contributed by atoms with Crippen molar-refractivity contribution in [2.24, 2.45) is 0 Å². The van der Waals surface area contributed by atoms with Crippen LogP contribution in [0.5, 0.6) is 0 Å². The van der Waals surface area contributed by atoms with Crippen LogP contribution in [0.3, 0.4) is 0 Å². The number of sulfonamides is 1. The van der Waals surface area contributed by atoms with Crippen LogP contribution in [0.1, 0.15) is 11.1 Å². The summed E-state index contributed by atoms with van der Waals surface area (Å²) in [6, 6.07) is 13.9. The van der Waals surface area contributed by atoms with Crippen LogP contribution in [0.15, 0.2) is 64.3 Å². The molecule has 0 radical (unpaired) electrons. The van der Waals surface area contributed by atoms with Crippen molar-refractivity contribution in [3.8, 4) is 5.69 Å². The summed E-state index contributed by atoms with van der Waals surface area (Å²) in [6.45, 7) is 5.25. The fourth-order valence-electron chi connectivity index (χ4n) is 3.72. The number of hydrogen-bond donors (Lipinski definition) is 0. The molecule has 1 aliphatic rings. The number of piperazine rings is 1. The van der Waals surface area contributed by atoms with E-state index in [4.69, 9.17) is 0 Å². The summed E-state index contributed by atoms with van der Waals surface area (Å²) >= 11 is 0. The Kier molecular flexibility index (Phi) is 5.63. The summed E-state index contributed by atoms with van der Waals surface area (Å²) in [5.41, 5.74) is 1.88. The Bertz CT molecular complexity index is 1260. The summed E-state index contributed by atoms with van der Waals surface area (Å²) in [7, 11) is -3.58. The largest absolute Gasteiger partial charge is 0.353 e. The molecular weight excluding hydrogens is 419 g/mol. The van der Waals surface area contributed by atoms with Crippen LogP contribution in [-0.4, -0.2) is 48.7 Å². The second kappa shape index (κ2) is 8.24. The first-order chi connectivity index (χ1) is 14.8. The minimum atomic E-state index is -3.58. The molecule has 1 aliphatic heterocycles. The molecule has 0 spiro atoms. The van der Waals surface area contributed by atoms with E-state index in [1.54, 1.807) is 25.1 Å². The first-order valence-corrected chi connectivity index (χ1v) is 11.4. The van der Waals surface area contributed by atoms with Gasteiger partial charge in [0.05, 0.1) is 10.6 Å². The van der Waals surface area contributed by atoms with Crippen LogP contribution in [0.4, 0.5) is 10.2 Å². The minimum absolute atomic E-state index is 0.313. The van der Waals surface area contributed by atoms with Crippen LogP contribution in [0.2, 0.25) is 0 Å². The molecule has 1 fully saturated rings. The SMILES string of the molecule is Cc1ccc(S(=O)(=O)N2CCN(c3ccc(=O)n(-c4ccc(F)cc4)n3)CC2)c(C)c1. The molecular formula is C22H23FN4O3S. The van der Waals surface area contributed by atoms with E-state index in [9.17, 15) is 17.6 Å².